The molecule has 0 aliphatic carbocycles. The second-order valence-corrected chi connectivity index (χ2v) is 10.0. The van der Waals surface area contributed by atoms with Crippen molar-refractivity contribution in [2.45, 2.75) is 25.7 Å². The van der Waals surface area contributed by atoms with E-state index in [4.69, 9.17) is 9.47 Å². The van der Waals surface area contributed by atoms with Gasteiger partial charge in [0.1, 0.15) is 11.5 Å². The fourth-order valence-corrected chi connectivity index (χ4v) is 4.54. The largest absolute Gasteiger partial charge is 0.423 e. The van der Waals surface area contributed by atoms with Crippen molar-refractivity contribution in [3.05, 3.63) is 148 Å². The number of ether oxygens (including phenoxy) is 2. The molecule has 0 aliphatic heterocycles. The van der Waals surface area contributed by atoms with Gasteiger partial charge in [0.25, 0.3) is 22.7 Å². The van der Waals surface area contributed by atoms with Crippen molar-refractivity contribution in [2.75, 3.05) is 0 Å². The first kappa shape index (κ1) is 32.3. The number of carbonyl (C=O) groups is 2. The highest BCUT2D eigenvalue weighted by atomic mass is 16.6. The maximum atomic E-state index is 12.7. The Labute approximate surface area is 258 Å². The van der Waals surface area contributed by atoms with E-state index in [1.807, 2.05) is 13.8 Å². The molecule has 0 N–H and O–H groups in total. The fraction of sp³-hybridized carbons (Fsp3) is 0.133. The standard InChI is InChI=1S/C30H22N4O12/c1-3-30(2,20-4-8-26(9-5-20)45-28(35)18-12-22(31(37)38)16-23(13-18)32(39)40)21-6-10-27(11-7-21)46-29(36)19-14-24(33(41)42)17-25(15-19)34(43)44/h4-17H,3H2,1-2H3. The number of carbonyl (C=O) groups excluding carboxylic acids is 2. The Morgan fingerprint density at radius 2 is 0.848 bits per heavy atom. The van der Waals surface area contributed by atoms with E-state index < -0.39 is 59.8 Å². The van der Waals surface area contributed by atoms with Gasteiger partial charge in [-0.2, -0.15) is 0 Å². The highest BCUT2D eigenvalue weighted by Crippen LogP contribution is 2.37. The van der Waals surface area contributed by atoms with Crippen LogP contribution in [-0.4, -0.2) is 31.6 Å². The van der Waals surface area contributed by atoms with E-state index in [1.165, 1.54) is 24.3 Å². The minimum atomic E-state index is -1.03. The molecule has 0 amide bonds. The maximum Gasteiger partial charge on any atom is 0.344 e. The van der Waals surface area contributed by atoms with Gasteiger partial charge in [-0.25, -0.2) is 9.59 Å². The SMILES string of the molecule is CCC(C)(c1ccc(OC(=O)c2cc([N+](=O)[O-])cc([N+](=O)[O-])c2)cc1)c1ccc(OC(=O)c2cc([N+](=O)[O-])cc([N+](=O)[O-])c2)cc1. The molecule has 0 bridgehead atoms. The van der Waals surface area contributed by atoms with Gasteiger partial charge in [0, 0.05) is 29.7 Å². The lowest BCUT2D eigenvalue weighted by atomic mass is 9.74. The summed E-state index contributed by atoms with van der Waals surface area (Å²) in [6, 6.07) is 17.8. The predicted octanol–water partition coefficient (Wildman–Crippen LogP) is 6.47. The van der Waals surface area contributed by atoms with Crippen molar-refractivity contribution in [1.82, 2.24) is 0 Å². The summed E-state index contributed by atoms with van der Waals surface area (Å²) in [5.74, 6) is -1.87. The summed E-state index contributed by atoms with van der Waals surface area (Å²) in [6.07, 6.45) is 0.597. The summed E-state index contributed by atoms with van der Waals surface area (Å²) in [4.78, 5) is 66.4. The monoisotopic (exact) mass is 630 g/mol. The molecule has 4 aromatic carbocycles. The quantitative estimate of drug-likeness (QED) is 0.0751. The van der Waals surface area contributed by atoms with Gasteiger partial charge in [-0.05, 0) is 41.8 Å². The Bertz CT molecular complexity index is 1690. The molecule has 0 aliphatic rings. The minimum Gasteiger partial charge on any atom is -0.423 e. The van der Waals surface area contributed by atoms with Crippen LogP contribution in [0.15, 0.2) is 84.9 Å². The summed E-state index contributed by atoms with van der Waals surface area (Å²) < 4.78 is 10.6. The molecule has 46 heavy (non-hydrogen) atoms. The normalized spacial score (nSPS) is 10.9. The number of rotatable bonds is 11. The number of esters is 2. The van der Waals surface area contributed by atoms with Crippen LogP contribution in [0.3, 0.4) is 0 Å². The summed E-state index contributed by atoms with van der Waals surface area (Å²) in [6.45, 7) is 3.88. The third kappa shape index (κ3) is 6.96. The van der Waals surface area contributed by atoms with E-state index in [0.717, 1.165) is 47.5 Å². The smallest absolute Gasteiger partial charge is 0.344 e. The average Bonchev–Trinajstić information content (AvgIpc) is 3.04. The highest BCUT2D eigenvalue weighted by Gasteiger charge is 2.28. The number of nitro groups is 4. The Kier molecular flexibility index (Phi) is 9.11. The zero-order valence-electron chi connectivity index (χ0n) is 24.0. The van der Waals surface area contributed by atoms with Crippen molar-refractivity contribution >= 4 is 34.7 Å². The van der Waals surface area contributed by atoms with E-state index in [0.29, 0.717) is 6.42 Å². The van der Waals surface area contributed by atoms with Crippen LogP contribution in [0, 0.1) is 40.5 Å². The lowest BCUT2D eigenvalue weighted by Gasteiger charge is -2.30. The van der Waals surface area contributed by atoms with Gasteiger partial charge in [0.2, 0.25) is 0 Å². The highest BCUT2D eigenvalue weighted by molar-refractivity contribution is 5.93. The van der Waals surface area contributed by atoms with Gasteiger partial charge >= 0.3 is 11.9 Å². The fourth-order valence-electron chi connectivity index (χ4n) is 4.54. The molecule has 0 spiro atoms. The first-order valence-corrected chi connectivity index (χ1v) is 13.2. The second-order valence-electron chi connectivity index (χ2n) is 10.0. The second kappa shape index (κ2) is 13.0. The Hall–Kier alpha value is -6.58. The summed E-state index contributed by atoms with van der Waals surface area (Å²) >= 11 is 0. The molecular formula is C30H22N4O12. The molecule has 0 heterocycles. The van der Waals surface area contributed by atoms with Gasteiger partial charge in [0.15, 0.2) is 0 Å². The first-order valence-electron chi connectivity index (χ1n) is 13.2. The van der Waals surface area contributed by atoms with E-state index in [1.54, 1.807) is 24.3 Å². The van der Waals surface area contributed by atoms with Crippen LogP contribution in [0.1, 0.15) is 52.1 Å². The van der Waals surface area contributed by atoms with Crippen molar-refractivity contribution < 1.29 is 38.8 Å². The van der Waals surface area contributed by atoms with E-state index in [2.05, 4.69) is 0 Å². The van der Waals surface area contributed by atoms with Crippen molar-refractivity contribution in [2.24, 2.45) is 0 Å². The number of nitrogens with zero attached hydrogens (tertiary/aromatic N) is 4. The molecule has 0 unspecified atom stereocenters. The van der Waals surface area contributed by atoms with Gasteiger partial charge in [-0.3, -0.25) is 40.5 Å². The predicted molar refractivity (Wildman–Crippen MR) is 159 cm³/mol. The molecule has 16 nitrogen and oxygen atoms in total. The van der Waals surface area contributed by atoms with Crippen LogP contribution in [0.5, 0.6) is 11.5 Å². The molecule has 234 valence electrons. The molecule has 0 aromatic heterocycles. The molecule has 4 rings (SSSR count). The van der Waals surface area contributed by atoms with Gasteiger partial charge in [-0.1, -0.05) is 38.1 Å². The van der Waals surface area contributed by atoms with Crippen molar-refractivity contribution in [3.8, 4) is 11.5 Å². The zero-order valence-corrected chi connectivity index (χ0v) is 24.0. The third-order valence-electron chi connectivity index (χ3n) is 7.23. The number of non-ortho nitro benzene ring substituents is 4. The van der Waals surface area contributed by atoms with Crippen LogP contribution in [-0.2, 0) is 5.41 Å². The summed E-state index contributed by atoms with van der Waals surface area (Å²) in [5.41, 5.74) is -2.27. The average molecular weight is 631 g/mol. The molecular weight excluding hydrogens is 608 g/mol. The van der Waals surface area contributed by atoms with Crippen LogP contribution in [0.2, 0.25) is 0 Å². The number of hydrogen-bond donors (Lipinski definition) is 0. The Morgan fingerprint density at radius 3 is 1.09 bits per heavy atom. The lowest BCUT2D eigenvalue weighted by molar-refractivity contribution is -0.394. The van der Waals surface area contributed by atoms with E-state index >= 15 is 0 Å². The molecule has 0 fully saturated rings. The summed E-state index contributed by atoms with van der Waals surface area (Å²) in [5, 5.41) is 44.6. The molecule has 0 saturated heterocycles. The molecule has 0 atom stereocenters. The molecule has 0 radical (unpaired) electrons. The zero-order chi connectivity index (χ0) is 33.8. The topological polar surface area (TPSA) is 225 Å². The lowest BCUT2D eigenvalue weighted by Crippen LogP contribution is -2.22. The number of hydrogen-bond acceptors (Lipinski definition) is 12. The van der Waals surface area contributed by atoms with Crippen molar-refractivity contribution in [1.29, 1.82) is 0 Å². The Morgan fingerprint density at radius 1 is 0.565 bits per heavy atom. The molecule has 0 saturated carbocycles. The van der Waals surface area contributed by atoms with Gasteiger partial charge in [-0.15, -0.1) is 0 Å². The number of nitro benzene ring substituents is 4. The van der Waals surface area contributed by atoms with E-state index in [-0.39, 0.29) is 22.6 Å². The minimum absolute atomic E-state index is 0.0880. The maximum absolute atomic E-state index is 12.7. The van der Waals surface area contributed by atoms with Gasteiger partial charge in [0.05, 0.1) is 43.0 Å². The first-order chi connectivity index (χ1) is 21.7. The molecule has 4 aromatic rings. The van der Waals surface area contributed by atoms with Crippen LogP contribution in [0.25, 0.3) is 0 Å². The van der Waals surface area contributed by atoms with Crippen LogP contribution >= 0.6 is 0 Å². The number of benzene rings is 4. The molecule has 16 heteroatoms. The third-order valence-corrected chi connectivity index (χ3v) is 7.23. The van der Waals surface area contributed by atoms with Crippen molar-refractivity contribution in [3.63, 3.8) is 0 Å². The van der Waals surface area contributed by atoms with Crippen LogP contribution in [0.4, 0.5) is 22.7 Å². The van der Waals surface area contributed by atoms with Gasteiger partial charge < -0.3 is 9.47 Å². The van der Waals surface area contributed by atoms with Crippen LogP contribution < -0.4 is 9.47 Å². The summed E-state index contributed by atoms with van der Waals surface area (Å²) in [7, 11) is 0. The van der Waals surface area contributed by atoms with E-state index in [9.17, 15) is 50.0 Å². The Balaban J connectivity index is 1.51.